The highest BCUT2D eigenvalue weighted by Gasteiger charge is 2.16. The molecule has 0 aliphatic rings. The summed E-state index contributed by atoms with van der Waals surface area (Å²) in [6.45, 7) is 0.590. The average molecular weight is 311 g/mol. The van der Waals surface area contributed by atoms with Crippen LogP contribution in [0, 0.1) is 5.82 Å². The van der Waals surface area contributed by atoms with E-state index < -0.39 is 11.9 Å². The van der Waals surface area contributed by atoms with Crippen LogP contribution in [0.5, 0.6) is 0 Å². The molecule has 4 nitrogen and oxygen atoms in total. The SMILES string of the molecule is NC(=O)C(NCCc1c[nH]c2cc(F)ccc12)c1ccccc1. The van der Waals surface area contributed by atoms with Crippen LogP contribution in [-0.2, 0) is 11.2 Å². The zero-order valence-electron chi connectivity index (χ0n) is 12.6. The number of primary amides is 1. The first-order valence-electron chi connectivity index (χ1n) is 7.48. The lowest BCUT2D eigenvalue weighted by molar-refractivity contribution is -0.120. The molecule has 1 aromatic heterocycles. The Morgan fingerprint density at radius 3 is 2.74 bits per heavy atom. The fourth-order valence-electron chi connectivity index (χ4n) is 2.74. The lowest BCUT2D eigenvalue weighted by Crippen LogP contribution is -2.34. The predicted octanol–water partition coefficient (Wildman–Crippen LogP) is 2.67. The van der Waals surface area contributed by atoms with Gasteiger partial charge in [-0.05, 0) is 35.7 Å². The van der Waals surface area contributed by atoms with E-state index in [1.54, 1.807) is 6.07 Å². The quantitative estimate of drug-likeness (QED) is 0.655. The summed E-state index contributed by atoms with van der Waals surface area (Å²) in [5.74, 6) is -0.668. The van der Waals surface area contributed by atoms with Gasteiger partial charge in [-0.15, -0.1) is 0 Å². The minimum Gasteiger partial charge on any atom is -0.368 e. The van der Waals surface area contributed by atoms with Gasteiger partial charge < -0.3 is 16.0 Å². The number of carbonyl (C=O) groups is 1. The molecule has 0 saturated carbocycles. The molecule has 4 N–H and O–H groups in total. The zero-order chi connectivity index (χ0) is 16.2. The molecule has 3 rings (SSSR count). The number of aromatic amines is 1. The third-order valence-electron chi connectivity index (χ3n) is 3.89. The highest BCUT2D eigenvalue weighted by molar-refractivity contribution is 5.83. The number of aromatic nitrogens is 1. The Morgan fingerprint density at radius 2 is 2.00 bits per heavy atom. The Bertz CT molecular complexity index is 814. The van der Waals surface area contributed by atoms with Crippen molar-refractivity contribution in [3.8, 4) is 0 Å². The summed E-state index contributed by atoms with van der Waals surface area (Å²) in [4.78, 5) is 14.7. The lowest BCUT2D eigenvalue weighted by atomic mass is 10.1. The number of benzene rings is 2. The molecular formula is C18H18FN3O. The van der Waals surface area contributed by atoms with E-state index in [1.165, 1.54) is 12.1 Å². The smallest absolute Gasteiger partial charge is 0.239 e. The van der Waals surface area contributed by atoms with Crippen molar-refractivity contribution in [2.24, 2.45) is 5.73 Å². The zero-order valence-corrected chi connectivity index (χ0v) is 12.6. The monoisotopic (exact) mass is 311 g/mol. The van der Waals surface area contributed by atoms with Crippen molar-refractivity contribution in [2.45, 2.75) is 12.5 Å². The Hall–Kier alpha value is -2.66. The molecule has 5 heteroatoms. The standard InChI is InChI=1S/C18H18FN3O/c19-14-6-7-15-13(11-22-16(15)10-14)8-9-21-17(18(20)23)12-4-2-1-3-5-12/h1-7,10-11,17,21-22H,8-9H2,(H2,20,23). The average Bonchev–Trinajstić information content (AvgIpc) is 2.94. The highest BCUT2D eigenvalue weighted by atomic mass is 19.1. The van der Waals surface area contributed by atoms with Crippen LogP contribution in [0.15, 0.2) is 54.7 Å². The Labute approximate surface area is 133 Å². The first-order chi connectivity index (χ1) is 11.1. The molecule has 0 aliphatic heterocycles. The minimum absolute atomic E-state index is 0.262. The van der Waals surface area contributed by atoms with Gasteiger partial charge in [0.05, 0.1) is 0 Å². The van der Waals surface area contributed by atoms with Gasteiger partial charge in [-0.1, -0.05) is 30.3 Å². The molecule has 118 valence electrons. The van der Waals surface area contributed by atoms with Gasteiger partial charge >= 0.3 is 0 Å². The van der Waals surface area contributed by atoms with E-state index in [2.05, 4.69) is 10.3 Å². The maximum atomic E-state index is 13.2. The van der Waals surface area contributed by atoms with Crippen molar-refractivity contribution in [1.82, 2.24) is 10.3 Å². The number of H-pyrrole nitrogens is 1. The van der Waals surface area contributed by atoms with Crippen molar-refractivity contribution in [2.75, 3.05) is 6.54 Å². The van der Waals surface area contributed by atoms with Crippen LogP contribution in [-0.4, -0.2) is 17.4 Å². The number of hydrogen-bond acceptors (Lipinski definition) is 2. The predicted molar refractivity (Wildman–Crippen MR) is 88.3 cm³/mol. The van der Waals surface area contributed by atoms with Gasteiger partial charge in [0.2, 0.25) is 5.91 Å². The summed E-state index contributed by atoms with van der Waals surface area (Å²) in [6, 6.07) is 13.6. The highest BCUT2D eigenvalue weighted by Crippen LogP contribution is 2.20. The van der Waals surface area contributed by atoms with Crippen LogP contribution in [0.3, 0.4) is 0 Å². The van der Waals surface area contributed by atoms with Crippen LogP contribution < -0.4 is 11.1 Å². The van der Waals surface area contributed by atoms with Gasteiger partial charge in [-0.2, -0.15) is 0 Å². The van der Waals surface area contributed by atoms with E-state index in [4.69, 9.17) is 5.73 Å². The van der Waals surface area contributed by atoms with Crippen LogP contribution >= 0.6 is 0 Å². The van der Waals surface area contributed by atoms with Gasteiger partial charge in [-0.25, -0.2) is 4.39 Å². The van der Waals surface area contributed by atoms with Crippen LogP contribution in [0.2, 0.25) is 0 Å². The van der Waals surface area contributed by atoms with Gasteiger partial charge in [0, 0.05) is 23.6 Å². The van der Waals surface area contributed by atoms with E-state index in [0.29, 0.717) is 13.0 Å². The summed E-state index contributed by atoms with van der Waals surface area (Å²) in [7, 11) is 0. The molecule has 3 aromatic rings. The van der Waals surface area contributed by atoms with Crippen LogP contribution in [0.25, 0.3) is 10.9 Å². The molecule has 0 bridgehead atoms. The first kappa shape index (κ1) is 15.2. The molecule has 1 amide bonds. The third kappa shape index (κ3) is 3.40. The maximum absolute atomic E-state index is 13.2. The molecule has 1 heterocycles. The molecule has 23 heavy (non-hydrogen) atoms. The number of carbonyl (C=O) groups excluding carboxylic acids is 1. The first-order valence-corrected chi connectivity index (χ1v) is 7.48. The molecule has 0 radical (unpaired) electrons. The van der Waals surface area contributed by atoms with Crippen molar-refractivity contribution >= 4 is 16.8 Å². The van der Waals surface area contributed by atoms with Crippen LogP contribution in [0.1, 0.15) is 17.2 Å². The number of rotatable bonds is 6. The lowest BCUT2D eigenvalue weighted by Gasteiger charge is -2.15. The molecule has 0 saturated heterocycles. The second kappa shape index (κ2) is 6.62. The Kier molecular flexibility index (Phi) is 4.39. The van der Waals surface area contributed by atoms with Gasteiger partial charge in [0.15, 0.2) is 0 Å². The van der Waals surface area contributed by atoms with Gasteiger partial charge in [0.1, 0.15) is 11.9 Å². The third-order valence-corrected chi connectivity index (χ3v) is 3.89. The Balaban J connectivity index is 1.68. The fraction of sp³-hybridized carbons (Fsp3) is 0.167. The van der Waals surface area contributed by atoms with Crippen LogP contribution in [0.4, 0.5) is 4.39 Å². The molecule has 0 aliphatic carbocycles. The van der Waals surface area contributed by atoms with E-state index in [-0.39, 0.29) is 5.82 Å². The second-order valence-electron chi connectivity index (χ2n) is 5.45. The summed E-state index contributed by atoms with van der Waals surface area (Å²) in [6.07, 6.45) is 2.58. The van der Waals surface area contributed by atoms with Crippen molar-refractivity contribution in [3.63, 3.8) is 0 Å². The number of nitrogens with one attached hydrogen (secondary N) is 2. The normalized spacial score (nSPS) is 12.4. The van der Waals surface area contributed by atoms with E-state index in [9.17, 15) is 9.18 Å². The summed E-state index contributed by atoms with van der Waals surface area (Å²) in [5.41, 5.74) is 8.18. The Morgan fingerprint density at radius 1 is 1.22 bits per heavy atom. The number of halogens is 1. The van der Waals surface area contributed by atoms with Gasteiger partial charge in [0.25, 0.3) is 0 Å². The maximum Gasteiger partial charge on any atom is 0.239 e. The summed E-state index contributed by atoms with van der Waals surface area (Å²) >= 11 is 0. The topological polar surface area (TPSA) is 70.9 Å². The molecule has 1 atom stereocenters. The van der Waals surface area contributed by atoms with E-state index >= 15 is 0 Å². The molecule has 0 spiro atoms. The largest absolute Gasteiger partial charge is 0.368 e. The molecular weight excluding hydrogens is 293 g/mol. The fourth-order valence-corrected chi connectivity index (χ4v) is 2.74. The number of hydrogen-bond donors (Lipinski definition) is 3. The van der Waals surface area contributed by atoms with Crippen molar-refractivity contribution in [1.29, 1.82) is 0 Å². The number of fused-ring (bicyclic) bond motifs is 1. The second-order valence-corrected chi connectivity index (χ2v) is 5.45. The summed E-state index contributed by atoms with van der Waals surface area (Å²) in [5, 5.41) is 4.18. The number of amides is 1. The van der Waals surface area contributed by atoms with E-state index in [1.807, 2.05) is 36.5 Å². The van der Waals surface area contributed by atoms with Crippen molar-refractivity contribution in [3.05, 3.63) is 71.7 Å². The van der Waals surface area contributed by atoms with Gasteiger partial charge in [-0.3, -0.25) is 4.79 Å². The number of nitrogens with two attached hydrogens (primary N) is 1. The molecule has 2 aromatic carbocycles. The summed E-state index contributed by atoms with van der Waals surface area (Å²) < 4.78 is 13.2. The molecule has 1 unspecified atom stereocenters. The molecule has 0 fully saturated rings. The van der Waals surface area contributed by atoms with E-state index in [0.717, 1.165) is 22.0 Å². The minimum atomic E-state index is -0.515. The van der Waals surface area contributed by atoms with Crippen molar-refractivity contribution < 1.29 is 9.18 Å².